The number of amides is 2. The van der Waals surface area contributed by atoms with Gasteiger partial charge in [-0.05, 0) is 0 Å². The molecule has 7 nitrogen and oxygen atoms in total. The SMILES string of the molecule is NC(=O)CCN1CC(=O)NCC1C(=O)O. The Kier molecular flexibility index (Phi) is 3.62. The van der Waals surface area contributed by atoms with Crippen LogP contribution >= 0.6 is 0 Å². The fourth-order valence-electron chi connectivity index (χ4n) is 1.42. The summed E-state index contributed by atoms with van der Waals surface area (Å²) in [5.41, 5.74) is 4.95. The maximum absolute atomic E-state index is 11.0. The fourth-order valence-corrected chi connectivity index (χ4v) is 1.42. The average Bonchev–Trinajstić information content (AvgIpc) is 2.14. The minimum atomic E-state index is -1.01. The first-order valence-corrected chi connectivity index (χ1v) is 4.52. The lowest BCUT2D eigenvalue weighted by Gasteiger charge is -2.32. The van der Waals surface area contributed by atoms with Crippen LogP contribution in [-0.4, -0.2) is 53.5 Å². The van der Waals surface area contributed by atoms with Crippen LogP contribution in [0.5, 0.6) is 0 Å². The molecule has 2 amide bonds. The Hall–Kier alpha value is -1.63. The molecule has 0 aromatic rings. The second-order valence-corrected chi connectivity index (χ2v) is 3.34. The molecule has 1 fully saturated rings. The lowest BCUT2D eigenvalue weighted by atomic mass is 10.2. The number of nitrogens with zero attached hydrogens (tertiary/aromatic N) is 1. The maximum Gasteiger partial charge on any atom is 0.322 e. The topological polar surface area (TPSA) is 113 Å². The summed E-state index contributed by atoms with van der Waals surface area (Å²) in [6, 6.07) is -0.776. The zero-order valence-corrected chi connectivity index (χ0v) is 8.10. The van der Waals surface area contributed by atoms with Crippen molar-refractivity contribution in [2.45, 2.75) is 12.5 Å². The predicted molar refractivity (Wildman–Crippen MR) is 49.8 cm³/mol. The molecule has 0 saturated carbocycles. The van der Waals surface area contributed by atoms with E-state index >= 15 is 0 Å². The molecule has 0 spiro atoms. The smallest absolute Gasteiger partial charge is 0.322 e. The van der Waals surface area contributed by atoms with Crippen molar-refractivity contribution in [1.29, 1.82) is 0 Å². The van der Waals surface area contributed by atoms with Crippen LogP contribution in [0, 0.1) is 0 Å². The minimum absolute atomic E-state index is 0.00968. The number of carbonyl (C=O) groups excluding carboxylic acids is 2. The molecule has 0 aromatic heterocycles. The van der Waals surface area contributed by atoms with E-state index in [1.165, 1.54) is 4.90 Å². The monoisotopic (exact) mass is 215 g/mol. The van der Waals surface area contributed by atoms with Crippen molar-refractivity contribution in [3.05, 3.63) is 0 Å². The molecule has 1 aliphatic rings. The third-order valence-corrected chi connectivity index (χ3v) is 2.21. The summed E-state index contributed by atoms with van der Waals surface area (Å²) in [4.78, 5) is 33.8. The van der Waals surface area contributed by atoms with Crippen LogP contribution in [0.25, 0.3) is 0 Å². The molecular formula is C8H13N3O4. The number of hydrogen-bond acceptors (Lipinski definition) is 4. The zero-order chi connectivity index (χ0) is 11.4. The number of primary amides is 1. The van der Waals surface area contributed by atoms with E-state index in [1.54, 1.807) is 0 Å². The summed E-state index contributed by atoms with van der Waals surface area (Å²) in [6.07, 6.45) is 0.0526. The first-order valence-electron chi connectivity index (χ1n) is 4.52. The lowest BCUT2D eigenvalue weighted by molar-refractivity contribution is -0.146. The Morgan fingerprint density at radius 2 is 2.27 bits per heavy atom. The number of hydrogen-bond donors (Lipinski definition) is 3. The van der Waals surface area contributed by atoms with E-state index < -0.39 is 17.9 Å². The first-order chi connectivity index (χ1) is 7.00. The van der Waals surface area contributed by atoms with Crippen molar-refractivity contribution in [1.82, 2.24) is 10.2 Å². The van der Waals surface area contributed by atoms with Gasteiger partial charge in [0.15, 0.2) is 0 Å². The highest BCUT2D eigenvalue weighted by atomic mass is 16.4. The number of aliphatic carboxylic acids is 1. The van der Waals surface area contributed by atoms with Crippen LogP contribution in [0.4, 0.5) is 0 Å². The molecule has 15 heavy (non-hydrogen) atoms. The molecule has 1 aliphatic heterocycles. The summed E-state index contributed by atoms with van der Waals surface area (Å²) >= 11 is 0. The molecule has 1 heterocycles. The molecule has 0 aromatic carbocycles. The summed E-state index contributed by atoms with van der Waals surface area (Å²) < 4.78 is 0. The third kappa shape index (κ3) is 3.21. The van der Waals surface area contributed by atoms with E-state index in [2.05, 4.69) is 5.32 Å². The highest BCUT2D eigenvalue weighted by Crippen LogP contribution is 2.04. The van der Waals surface area contributed by atoms with Crippen molar-refractivity contribution in [2.75, 3.05) is 19.6 Å². The molecule has 4 N–H and O–H groups in total. The van der Waals surface area contributed by atoms with Crippen LogP contribution in [0.3, 0.4) is 0 Å². The van der Waals surface area contributed by atoms with Crippen molar-refractivity contribution in [3.63, 3.8) is 0 Å². The van der Waals surface area contributed by atoms with Crippen molar-refractivity contribution < 1.29 is 19.5 Å². The predicted octanol–water partition coefficient (Wildman–Crippen LogP) is -2.25. The molecule has 84 valence electrons. The fraction of sp³-hybridized carbons (Fsp3) is 0.625. The summed E-state index contributed by atoms with van der Waals surface area (Å²) in [6.45, 7) is 0.247. The number of carbonyl (C=O) groups is 3. The van der Waals surface area contributed by atoms with Crippen LogP contribution in [0.2, 0.25) is 0 Å². The number of nitrogens with one attached hydrogen (secondary N) is 1. The van der Waals surface area contributed by atoms with Gasteiger partial charge in [-0.25, -0.2) is 0 Å². The molecule has 1 saturated heterocycles. The first kappa shape index (κ1) is 11.4. The number of piperazine rings is 1. The highest BCUT2D eigenvalue weighted by molar-refractivity contribution is 5.83. The van der Waals surface area contributed by atoms with Crippen molar-refractivity contribution in [3.8, 4) is 0 Å². The molecule has 7 heteroatoms. The van der Waals surface area contributed by atoms with Crippen LogP contribution in [0.1, 0.15) is 6.42 Å². The highest BCUT2D eigenvalue weighted by Gasteiger charge is 2.31. The Bertz CT molecular complexity index is 292. The summed E-state index contributed by atoms with van der Waals surface area (Å²) in [5, 5.41) is 11.3. The summed E-state index contributed by atoms with van der Waals surface area (Å²) in [7, 11) is 0. The molecule has 0 radical (unpaired) electrons. The van der Waals surface area contributed by atoms with Gasteiger partial charge in [-0.15, -0.1) is 0 Å². The van der Waals surface area contributed by atoms with Crippen LogP contribution in [-0.2, 0) is 14.4 Å². The van der Waals surface area contributed by atoms with Gasteiger partial charge in [-0.3, -0.25) is 19.3 Å². The number of carboxylic acids is 1. The number of carboxylic acid groups (broad SMARTS) is 1. The zero-order valence-electron chi connectivity index (χ0n) is 8.10. The van der Waals surface area contributed by atoms with Gasteiger partial charge in [0.05, 0.1) is 6.54 Å². The van der Waals surface area contributed by atoms with E-state index in [1.807, 2.05) is 0 Å². The van der Waals surface area contributed by atoms with E-state index in [0.717, 1.165) is 0 Å². The Balaban J connectivity index is 2.57. The van der Waals surface area contributed by atoms with Crippen molar-refractivity contribution >= 4 is 17.8 Å². The Labute approximate surface area is 86.2 Å². The van der Waals surface area contributed by atoms with Gasteiger partial charge in [0, 0.05) is 19.5 Å². The van der Waals surface area contributed by atoms with E-state index in [0.29, 0.717) is 0 Å². The quantitative estimate of drug-likeness (QED) is 0.490. The minimum Gasteiger partial charge on any atom is -0.480 e. The second kappa shape index (κ2) is 4.74. The van der Waals surface area contributed by atoms with Gasteiger partial charge >= 0.3 is 5.97 Å². The maximum atomic E-state index is 11.0. The van der Waals surface area contributed by atoms with E-state index in [4.69, 9.17) is 10.8 Å². The Morgan fingerprint density at radius 3 is 2.80 bits per heavy atom. The van der Waals surface area contributed by atoms with Crippen molar-refractivity contribution in [2.24, 2.45) is 5.73 Å². The number of nitrogens with two attached hydrogens (primary N) is 1. The second-order valence-electron chi connectivity index (χ2n) is 3.34. The summed E-state index contributed by atoms with van der Waals surface area (Å²) in [5.74, 6) is -1.76. The molecular weight excluding hydrogens is 202 g/mol. The van der Waals surface area contributed by atoms with Gasteiger partial charge in [-0.2, -0.15) is 0 Å². The molecule has 1 atom stereocenters. The van der Waals surface area contributed by atoms with E-state index in [9.17, 15) is 14.4 Å². The Morgan fingerprint density at radius 1 is 1.60 bits per heavy atom. The third-order valence-electron chi connectivity index (χ3n) is 2.21. The molecule has 1 rings (SSSR count). The largest absolute Gasteiger partial charge is 0.480 e. The van der Waals surface area contributed by atoms with Gasteiger partial charge < -0.3 is 16.2 Å². The number of rotatable bonds is 4. The standard InChI is InChI=1S/C8H13N3O4/c9-6(12)1-2-11-4-7(13)10-3-5(11)8(14)15/h5H,1-4H2,(H2,9,12)(H,10,13)(H,14,15). The molecule has 0 bridgehead atoms. The van der Waals surface area contributed by atoms with Crippen LogP contribution in [0.15, 0.2) is 0 Å². The van der Waals surface area contributed by atoms with Gasteiger partial charge in [0.25, 0.3) is 0 Å². The normalized spacial score (nSPS) is 22.1. The van der Waals surface area contributed by atoms with Gasteiger partial charge in [0.1, 0.15) is 6.04 Å². The average molecular weight is 215 g/mol. The van der Waals surface area contributed by atoms with Crippen LogP contribution < -0.4 is 11.1 Å². The van der Waals surface area contributed by atoms with Gasteiger partial charge in [0.2, 0.25) is 11.8 Å². The molecule has 0 aliphatic carbocycles. The lowest BCUT2D eigenvalue weighted by Crippen LogP contribution is -2.57. The van der Waals surface area contributed by atoms with E-state index in [-0.39, 0.29) is 32.0 Å². The van der Waals surface area contributed by atoms with Gasteiger partial charge in [-0.1, -0.05) is 0 Å². The molecule has 1 unspecified atom stereocenters.